The first-order valence-corrected chi connectivity index (χ1v) is 21.0. The Labute approximate surface area is 356 Å². The van der Waals surface area contributed by atoms with E-state index in [2.05, 4.69) is 241 Å². The zero-order chi connectivity index (χ0) is 40.3. The quantitative estimate of drug-likeness (QED) is 0.167. The number of rotatable bonds is 6. The fraction of sp³-hybridized carbons (Fsp3) is 0.0169. The first-order chi connectivity index (χ1) is 30.2. The summed E-state index contributed by atoms with van der Waals surface area (Å²) >= 11 is 0. The SMILES string of the molecule is c1ccc(-c2ccc(N(c3ccc(-c4ccccc4)cc3)c3ccc(-c4ccc5c(c4)C4(c6ccccc6Oc6c4ccc4ccccc64)c4ccccc4-5)cc3)cc2)cc1. The molecule has 10 aromatic rings. The second-order valence-corrected chi connectivity index (χ2v) is 16.0. The van der Waals surface area contributed by atoms with Crippen molar-refractivity contribution in [2.45, 2.75) is 5.41 Å². The number of hydrogen-bond acceptors (Lipinski definition) is 2. The Morgan fingerprint density at radius 3 is 1.43 bits per heavy atom. The van der Waals surface area contributed by atoms with Crippen LogP contribution >= 0.6 is 0 Å². The van der Waals surface area contributed by atoms with Crippen molar-refractivity contribution < 1.29 is 4.74 Å². The molecule has 0 saturated carbocycles. The number of para-hydroxylation sites is 1. The fourth-order valence-corrected chi connectivity index (χ4v) is 9.93. The molecule has 0 saturated heterocycles. The van der Waals surface area contributed by atoms with Gasteiger partial charge in [-0.2, -0.15) is 0 Å². The van der Waals surface area contributed by atoms with E-state index >= 15 is 0 Å². The number of benzene rings is 10. The zero-order valence-electron chi connectivity index (χ0n) is 33.4. The van der Waals surface area contributed by atoms with Gasteiger partial charge in [0.1, 0.15) is 11.5 Å². The van der Waals surface area contributed by atoms with E-state index in [1.54, 1.807) is 0 Å². The second-order valence-electron chi connectivity index (χ2n) is 16.0. The van der Waals surface area contributed by atoms with Crippen molar-refractivity contribution in [1.82, 2.24) is 0 Å². The van der Waals surface area contributed by atoms with Crippen LogP contribution in [0.4, 0.5) is 17.1 Å². The molecule has 2 nitrogen and oxygen atoms in total. The molecule has 10 aromatic carbocycles. The van der Waals surface area contributed by atoms with E-state index in [-0.39, 0.29) is 0 Å². The molecule has 1 aliphatic heterocycles. The van der Waals surface area contributed by atoms with E-state index < -0.39 is 5.41 Å². The summed E-state index contributed by atoms with van der Waals surface area (Å²) in [6.45, 7) is 0. The highest BCUT2D eigenvalue weighted by Gasteiger charge is 2.51. The summed E-state index contributed by atoms with van der Waals surface area (Å²) in [6, 6.07) is 85.7. The predicted octanol–water partition coefficient (Wildman–Crippen LogP) is 15.8. The number of anilines is 3. The summed E-state index contributed by atoms with van der Waals surface area (Å²) < 4.78 is 6.88. The third-order valence-electron chi connectivity index (χ3n) is 12.8. The van der Waals surface area contributed by atoms with Gasteiger partial charge in [-0.25, -0.2) is 0 Å². The second kappa shape index (κ2) is 14.1. The van der Waals surface area contributed by atoms with Crippen molar-refractivity contribution in [3.63, 3.8) is 0 Å². The molecule has 1 unspecified atom stereocenters. The van der Waals surface area contributed by atoms with Crippen molar-refractivity contribution in [3.8, 4) is 56.0 Å². The maximum Gasteiger partial charge on any atom is 0.140 e. The molecular weight excluding hydrogens is 739 g/mol. The molecule has 1 atom stereocenters. The molecule has 0 N–H and O–H groups in total. The maximum atomic E-state index is 6.88. The van der Waals surface area contributed by atoms with Crippen LogP contribution in [0.15, 0.2) is 237 Å². The van der Waals surface area contributed by atoms with Crippen LogP contribution in [0.2, 0.25) is 0 Å². The number of ether oxygens (including phenoxy) is 1. The third-order valence-corrected chi connectivity index (χ3v) is 12.8. The van der Waals surface area contributed by atoms with Crippen molar-refractivity contribution in [1.29, 1.82) is 0 Å². The molecule has 0 radical (unpaired) electrons. The van der Waals surface area contributed by atoms with Crippen LogP contribution in [0.25, 0.3) is 55.3 Å². The standard InChI is InChI=1S/C59H39NO/c1-3-13-40(14-4-1)42-23-31-47(32-24-42)60(48-33-25-43(26-34-48)41-15-5-2-6-16-41)49-35-27-44(28-36-49)46-29-37-52-51-19-9-10-20-53(51)59(56(52)39-46)54-21-11-12-22-57(54)61-58-50-18-8-7-17-45(50)30-38-55(58)59/h1-39H. The molecule has 61 heavy (non-hydrogen) atoms. The highest BCUT2D eigenvalue weighted by atomic mass is 16.5. The van der Waals surface area contributed by atoms with Gasteiger partial charge in [-0.3, -0.25) is 0 Å². The molecule has 0 aromatic heterocycles. The van der Waals surface area contributed by atoms with Gasteiger partial charge < -0.3 is 9.64 Å². The first kappa shape index (κ1) is 35.0. The van der Waals surface area contributed by atoms with Gasteiger partial charge in [0.15, 0.2) is 0 Å². The van der Waals surface area contributed by atoms with Crippen molar-refractivity contribution >= 4 is 27.8 Å². The minimum absolute atomic E-state index is 0.551. The Bertz CT molecular complexity index is 3160. The van der Waals surface area contributed by atoms with E-state index in [1.807, 2.05) is 0 Å². The van der Waals surface area contributed by atoms with Crippen LogP contribution in [-0.2, 0) is 5.41 Å². The summed E-state index contributed by atoms with van der Waals surface area (Å²) in [6.07, 6.45) is 0. The Hall–Kier alpha value is -7.94. The average molecular weight is 778 g/mol. The largest absolute Gasteiger partial charge is 0.456 e. The number of hydrogen-bond donors (Lipinski definition) is 0. The van der Waals surface area contributed by atoms with Crippen LogP contribution < -0.4 is 9.64 Å². The van der Waals surface area contributed by atoms with Crippen molar-refractivity contribution in [3.05, 3.63) is 259 Å². The molecule has 12 rings (SSSR count). The third kappa shape index (κ3) is 5.57. The summed E-state index contributed by atoms with van der Waals surface area (Å²) in [5.74, 6) is 1.83. The van der Waals surface area contributed by atoms with Gasteiger partial charge in [0.2, 0.25) is 0 Å². The lowest BCUT2D eigenvalue weighted by Gasteiger charge is -2.40. The van der Waals surface area contributed by atoms with E-state index in [9.17, 15) is 0 Å². The van der Waals surface area contributed by atoms with Gasteiger partial charge in [0.05, 0.1) is 5.41 Å². The van der Waals surface area contributed by atoms with Crippen LogP contribution in [0.1, 0.15) is 22.3 Å². The molecule has 286 valence electrons. The van der Waals surface area contributed by atoms with Gasteiger partial charge in [-0.1, -0.05) is 188 Å². The summed E-state index contributed by atoms with van der Waals surface area (Å²) in [5.41, 5.74) is 17.3. The van der Waals surface area contributed by atoms with Crippen molar-refractivity contribution in [2.24, 2.45) is 0 Å². The predicted molar refractivity (Wildman–Crippen MR) is 252 cm³/mol. The minimum atomic E-state index is -0.551. The monoisotopic (exact) mass is 777 g/mol. The average Bonchev–Trinajstić information content (AvgIpc) is 3.62. The van der Waals surface area contributed by atoms with Gasteiger partial charge in [-0.05, 0) is 110 Å². The Kier molecular flexibility index (Phi) is 8.11. The van der Waals surface area contributed by atoms with Gasteiger partial charge in [0, 0.05) is 33.6 Å². The molecule has 0 fully saturated rings. The maximum absolute atomic E-state index is 6.88. The summed E-state index contributed by atoms with van der Waals surface area (Å²) in [7, 11) is 0. The molecule has 0 amide bonds. The van der Waals surface area contributed by atoms with Gasteiger partial charge >= 0.3 is 0 Å². The van der Waals surface area contributed by atoms with Gasteiger partial charge in [0.25, 0.3) is 0 Å². The Balaban J connectivity index is 0.981. The molecular formula is C59H39NO. The molecule has 2 heteroatoms. The van der Waals surface area contributed by atoms with E-state index in [4.69, 9.17) is 4.74 Å². The van der Waals surface area contributed by atoms with E-state index in [1.165, 1.54) is 66.6 Å². The van der Waals surface area contributed by atoms with E-state index in [0.29, 0.717) is 0 Å². The smallest absolute Gasteiger partial charge is 0.140 e. The first-order valence-electron chi connectivity index (χ1n) is 21.0. The van der Waals surface area contributed by atoms with Crippen LogP contribution in [0.5, 0.6) is 11.5 Å². The number of nitrogens with zero attached hydrogens (tertiary/aromatic N) is 1. The zero-order valence-corrected chi connectivity index (χ0v) is 33.4. The molecule has 1 heterocycles. The summed E-state index contributed by atoms with van der Waals surface area (Å²) in [5, 5.41) is 2.30. The molecule has 1 spiro atoms. The fourth-order valence-electron chi connectivity index (χ4n) is 9.93. The van der Waals surface area contributed by atoms with Crippen LogP contribution in [-0.4, -0.2) is 0 Å². The Morgan fingerprint density at radius 1 is 0.311 bits per heavy atom. The lowest BCUT2D eigenvalue weighted by molar-refractivity contribution is 0.442. The topological polar surface area (TPSA) is 12.5 Å². The van der Waals surface area contributed by atoms with Crippen LogP contribution in [0.3, 0.4) is 0 Å². The summed E-state index contributed by atoms with van der Waals surface area (Å²) in [4.78, 5) is 2.35. The normalized spacial score (nSPS) is 14.4. The lowest BCUT2D eigenvalue weighted by Crippen LogP contribution is -2.32. The highest BCUT2D eigenvalue weighted by molar-refractivity contribution is 5.96. The highest BCUT2D eigenvalue weighted by Crippen LogP contribution is 2.63. The van der Waals surface area contributed by atoms with Gasteiger partial charge in [-0.15, -0.1) is 0 Å². The van der Waals surface area contributed by atoms with Crippen molar-refractivity contribution in [2.75, 3.05) is 4.90 Å². The number of fused-ring (bicyclic) bond motifs is 11. The lowest BCUT2D eigenvalue weighted by atomic mass is 9.65. The molecule has 2 aliphatic rings. The van der Waals surface area contributed by atoms with E-state index in [0.717, 1.165) is 39.5 Å². The Morgan fingerprint density at radius 2 is 0.787 bits per heavy atom. The minimum Gasteiger partial charge on any atom is -0.456 e. The molecule has 1 aliphatic carbocycles. The van der Waals surface area contributed by atoms with Crippen LogP contribution in [0, 0.1) is 0 Å². The molecule has 0 bridgehead atoms.